The van der Waals surface area contributed by atoms with Gasteiger partial charge >= 0.3 is 0 Å². The summed E-state index contributed by atoms with van der Waals surface area (Å²) in [5, 5.41) is 12.0. The van der Waals surface area contributed by atoms with Crippen LogP contribution in [0.4, 0.5) is 8.78 Å². The molecule has 2 nitrogen and oxygen atoms in total. The standard InChI is InChI=1S/C14H9F2NOS/c15-10-3-1-2-9(13(10)16)14(18)8-6-12-11(17-7-8)4-5-19-12/h1-7,14,18H. The van der Waals surface area contributed by atoms with Gasteiger partial charge in [-0.2, -0.15) is 0 Å². The number of nitrogens with zero attached hydrogens (tertiary/aromatic N) is 1. The molecule has 2 heterocycles. The number of rotatable bonds is 2. The monoisotopic (exact) mass is 277 g/mol. The van der Waals surface area contributed by atoms with Crippen LogP contribution < -0.4 is 0 Å². The number of hydrogen-bond donors (Lipinski definition) is 1. The molecule has 3 rings (SSSR count). The van der Waals surface area contributed by atoms with E-state index >= 15 is 0 Å². The average Bonchev–Trinajstić information content (AvgIpc) is 2.88. The number of fused-ring (bicyclic) bond motifs is 1. The van der Waals surface area contributed by atoms with Crippen molar-refractivity contribution in [3.05, 3.63) is 64.7 Å². The van der Waals surface area contributed by atoms with Crippen molar-refractivity contribution >= 4 is 21.6 Å². The Morgan fingerprint density at radius 3 is 2.89 bits per heavy atom. The molecular weight excluding hydrogens is 268 g/mol. The number of pyridine rings is 1. The summed E-state index contributed by atoms with van der Waals surface area (Å²) >= 11 is 1.48. The second-order valence-electron chi connectivity index (χ2n) is 4.12. The van der Waals surface area contributed by atoms with E-state index in [1.54, 1.807) is 6.07 Å². The SMILES string of the molecule is OC(c1cnc2ccsc2c1)c1cccc(F)c1F. The number of benzene rings is 1. The van der Waals surface area contributed by atoms with Crippen LogP contribution in [0.1, 0.15) is 17.2 Å². The third-order valence-corrected chi connectivity index (χ3v) is 3.77. The van der Waals surface area contributed by atoms with E-state index in [9.17, 15) is 13.9 Å². The van der Waals surface area contributed by atoms with E-state index < -0.39 is 17.7 Å². The summed E-state index contributed by atoms with van der Waals surface area (Å²) in [4.78, 5) is 4.17. The fraction of sp³-hybridized carbons (Fsp3) is 0.0714. The van der Waals surface area contributed by atoms with Crippen LogP contribution in [0.25, 0.3) is 10.2 Å². The van der Waals surface area contributed by atoms with Crippen LogP contribution in [0.5, 0.6) is 0 Å². The molecule has 0 bridgehead atoms. The van der Waals surface area contributed by atoms with Crippen LogP contribution in [0.3, 0.4) is 0 Å². The van der Waals surface area contributed by atoms with Crippen molar-refractivity contribution in [1.29, 1.82) is 0 Å². The van der Waals surface area contributed by atoms with Gasteiger partial charge in [-0.05, 0) is 23.6 Å². The van der Waals surface area contributed by atoms with Crippen LogP contribution in [0.15, 0.2) is 41.9 Å². The zero-order valence-electron chi connectivity index (χ0n) is 9.68. The van der Waals surface area contributed by atoms with Crippen LogP contribution in [-0.2, 0) is 0 Å². The van der Waals surface area contributed by atoms with Crippen molar-refractivity contribution in [2.24, 2.45) is 0 Å². The Hall–Kier alpha value is -1.85. The molecule has 1 aromatic carbocycles. The molecule has 1 N–H and O–H groups in total. The lowest BCUT2D eigenvalue weighted by Crippen LogP contribution is -2.04. The first-order valence-electron chi connectivity index (χ1n) is 5.62. The van der Waals surface area contributed by atoms with E-state index in [0.717, 1.165) is 16.3 Å². The van der Waals surface area contributed by atoms with Crippen molar-refractivity contribution in [3.8, 4) is 0 Å². The van der Waals surface area contributed by atoms with E-state index in [2.05, 4.69) is 4.98 Å². The minimum atomic E-state index is -1.23. The van der Waals surface area contributed by atoms with Gasteiger partial charge in [-0.25, -0.2) is 8.78 Å². The highest BCUT2D eigenvalue weighted by Crippen LogP contribution is 2.28. The molecule has 0 aliphatic rings. The largest absolute Gasteiger partial charge is 0.383 e. The number of hydrogen-bond acceptors (Lipinski definition) is 3. The fourth-order valence-corrected chi connectivity index (χ4v) is 2.71. The molecule has 1 atom stereocenters. The normalized spacial score (nSPS) is 12.8. The Kier molecular flexibility index (Phi) is 3.00. The lowest BCUT2D eigenvalue weighted by atomic mass is 10.0. The molecule has 0 aliphatic heterocycles. The second-order valence-corrected chi connectivity index (χ2v) is 5.07. The maximum atomic E-state index is 13.6. The molecule has 0 saturated heterocycles. The van der Waals surface area contributed by atoms with Gasteiger partial charge in [0.05, 0.1) is 10.2 Å². The minimum Gasteiger partial charge on any atom is -0.383 e. The lowest BCUT2D eigenvalue weighted by Gasteiger charge is -2.12. The van der Waals surface area contributed by atoms with Gasteiger partial charge in [0.2, 0.25) is 0 Å². The van der Waals surface area contributed by atoms with Crippen molar-refractivity contribution in [1.82, 2.24) is 4.98 Å². The van der Waals surface area contributed by atoms with Crippen LogP contribution in [-0.4, -0.2) is 10.1 Å². The van der Waals surface area contributed by atoms with E-state index in [-0.39, 0.29) is 5.56 Å². The summed E-state index contributed by atoms with van der Waals surface area (Å²) in [5.74, 6) is -2.00. The highest BCUT2D eigenvalue weighted by atomic mass is 32.1. The second kappa shape index (κ2) is 4.68. The predicted octanol–water partition coefficient (Wildman–Crippen LogP) is 3.66. The summed E-state index contributed by atoms with van der Waals surface area (Å²) in [5.41, 5.74) is 1.18. The first kappa shape index (κ1) is 12.2. The molecule has 0 aliphatic carbocycles. The van der Waals surface area contributed by atoms with E-state index in [0.29, 0.717) is 5.56 Å². The molecule has 0 spiro atoms. The Morgan fingerprint density at radius 1 is 1.21 bits per heavy atom. The summed E-state index contributed by atoms with van der Waals surface area (Å²) in [6.45, 7) is 0. The minimum absolute atomic E-state index is 0.0855. The van der Waals surface area contributed by atoms with Gasteiger partial charge in [-0.1, -0.05) is 12.1 Å². The van der Waals surface area contributed by atoms with E-state index in [4.69, 9.17) is 0 Å². The van der Waals surface area contributed by atoms with Gasteiger partial charge in [0.1, 0.15) is 6.10 Å². The molecule has 2 aromatic heterocycles. The molecule has 19 heavy (non-hydrogen) atoms. The van der Waals surface area contributed by atoms with Crippen molar-refractivity contribution in [3.63, 3.8) is 0 Å². The molecule has 1 unspecified atom stereocenters. The molecule has 0 saturated carbocycles. The number of thiophene rings is 1. The summed E-state index contributed by atoms with van der Waals surface area (Å²) < 4.78 is 27.7. The maximum absolute atomic E-state index is 13.6. The van der Waals surface area contributed by atoms with Gasteiger partial charge in [-0.3, -0.25) is 4.98 Å². The fourth-order valence-electron chi connectivity index (χ4n) is 1.92. The number of aliphatic hydroxyl groups excluding tert-OH is 1. The van der Waals surface area contributed by atoms with Gasteiger partial charge in [-0.15, -0.1) is 11.3 Å². The lowest BCUT2D eigenvalue weighted by molar-refractivity contribution is 0.213. The number of halogens is 2. The Labute approximate surface area is 112 Å². The highest BCUT2D eigenvalue weighted by molar-refractivity contribution is 7.17. The highest BCUT2D eigenvalue weighted by Gasteiger charge is 2.18. The Balaban J connectivity index is 2.07. The number of aliphatic hydroxyl groups is 1. The molecule has 5 heteroatoms. The first-order valence-corrected chi connectivity index (χ1v) is 6.50. The molecule has 0 fully saturated rings. The summed E-state index contributed by atoms with van der Waals surface area (Å²) in [6.07, 6.45) is 0.249. The smallest absolute Gasteiger partial charge is 0.164 e. The van der Waals surface area contributed by atoms with Crippen LogP contribution in [0.2, 0.25) is 0 Å². The molecule has 3 aromatic rings. The summed E-state index contributed by atoms with van der Waals surface area (Å²) in [7, 11) is 0. The van der Waals surface area contributed by atoms with Crippen molar-refractivity contribution < 1.29 is 13.9 Å². The van der Waals surface area contributed by atoms with Gasteiger partial charge in [0, 0.05) is 17.3 Å². The van der Waals surface area contributed by atoms with E-state index in [1.165, 1.54) is 29.7 Å². The van der Waals surface area contributed by atoms with E-state index in [1.807, 2.05) is 11.4 Å². The Bertz CT molecular complexity index is 741. The zero-order valence-corrected chi connectivity index (χ0v) is 10.5. The van der Waals surface area contributed by atoms with Crippen molar-refractivity contribution in [2.75, 3.05) is 0 Å². The van der Waals surface area contributed by atoms with Crippen LogP contribution in [0, 0.1) is 11.6 Å². The molecule has 0 radical (unpaired) electrons. The molecule has 96 valence electrons. The number of aromatic nitrogens is 1. The summed E-state index contributed by atoms with van der Waals surface area (Å²) in [6, 6.07) is 7.35. The Morgan fingerprint density at radius 2 is 2.05 bits per heavy atom. The first-order chi connectivity index (χ1) is 9.16. The molecule has 0 amide bonds. The van der Waals surface area contributed by atoms with Crippen molar-refractivity contribution in [2.45, 2.75) is 6.10 Å². The van der Waals surface area contributed by atoms with Gasteiger partial charge in [0.25, 0.3) is 0 Å². The maximum Gasteiger partial charge on any atom is 0.164 e. The third-order valence-electron chi connectivity index (χ3n) is 2.92. The topological polar surface area (TPSA) is 33.1 Å². The van der Waals surface area contributed by atoms with Crippen LogP contribution >= 0.6 is 11.3 Å². The zero-order chi connectivity index (χ0) is 13.4. The van der Waals surface area contributed by atoms with Gasteiger partial charge in [0.15, 0.2) is 11.6 Å². The third kappa shape index (κ3) is 2.11. The van der Waals surface area contributed by atoms with Gasteiger partial charge < -0.3 is 5.11 Å². The average molecular weight is 277 g/mol. The predicted molar refractivity (Wildman–Crippen MR) is 70.0 cm³/mol. The quantitative estimate of drug-likeness (QED) is 0.775. The molecular formula is C14H9F2NOS.